The SMILES string of the molecule is CC1(C)OCC=C(c2cccc(I)c2)O1. The van der Waals surface area contributed by atoms with Gasteiger partial charge in [-0.3, -0.25) is 0 Å². The average molecular weight is 316 g/mol. The lowest BCUT2D eigenvalue weighted by atomic mass is 10.1. The van der Waals surface area contributed by atoms with Crippen LogP contribution in [0, 0.1) is 3.57 Å². The van der Waals surface area contributed by atoms with Crippen molar-refractivity contribution < 1.29 is 9.47 Å². The normalized spacial score (nSPS) is 19.3. The van der Waals surface area contributed by atoms with Crippen LogP contribution in [0.15, 0.2) is 30.3 Å². The molecule has 0 amide bonds. The fourth-order valence-corrected chi connectivity index (χ4v) is 2.02. The minimum Gasteiger partial charge on any atom is -0.463 e. The van der Waals surface area contributed by atoms with Gasteiger partial charge in [-0.2, -0.15) is 0 Å². The molecule has 2 nitrogen and oxygen atoms in total. The largest absolute Gasteiger partial charge is 0.463 e. The van der Waals surface area contributed by atoms with E-state index in [0.29, 0.717) is 6.61 Å². The lowest BCUT2D eigenvalue weighted by Crippen LogP contribution is -2.31. The predicted molar refractivity (Wildman–Crippen MR) is 68.3 cm³/mol. The fraction of sp³-hybridized carbons (Fsp3) is 0.333. The second kappa shape index (κ2) is 4.14. The molecule has 2 rings (SSSR count). The van der Waals surface area contributed by atoms with Crippen molar-refractivity contribution in [3.8, 4) is 0 Å². The molecule has 0 fully saturated rings. The van der Waals surface area contributed by atoms with E-state index in [1.54, 1.807) is 0 Å². The molecule has 0 saturated heterocycles. The Balaban J connectivity index is 2.28. The molecular formula is C12H13IO2. The van der Waals surface area contributed by atoms with Crippen LogP contribution in [0.5, 0.6) is 0 Å². The van der Waals surface area contributed by atoms with Crippen molar-refractivity contribution in [2.75, 3.05) is 6.61 Å². The van der Waals surface area contributed by atoms with Gasteiger partial charge in [-0.1, -0.05) is 12.1 Å². The second-order valence-corrected chi connectivity index (χ2v) is 5.14. The summed E-state index contributed by atoms with van der Waals surface area (Å²) in [5.74, 6) is 0.385. The van der Waals surface area contributed by atoms with Gasteiger partial charge < -0.3 is 9.47 Å². The van der Waals surface area contributed by atoms with E-state index in [2.05, 4.69) is 40.8 Å². The number of benzene rings is 1. The Labute approximate surface area is 103 Å². The molecule has 1 heterocycles. The first-order valence-corrected chi connectivity index (χ1v) is 5.94. The molecule has 15 heavy (non-hydrogen) atoms. The Bertz CT molecular complexity index is 396. The van der Waals surface area contributed by atoms with Gasteiger partial charge in [0.25, 0.3) is 0 Å². The summed E-state index contributed by atoms with van der Waals surface area (Å²) in [4.78, 5) is 0. The van der Waals surface area contributed by atoms with Gasteiger partial charge in [0.15, 0.2) is 0 Å². The quantitative estimate of drug-likeness (QED) is 0.739. The van der Waals surface area contributed by atoms with E-state index in [-0.39, 0.29) is 0 Å². The van der Waals surface area contributed by atoms with Crippen LogP contribution in [0.3, 0.4) is 0 Å². The van der Waals surface area contributed by atoms with Crippen molar-refractivity contribution in [2.45, 2.75) is 19.6 Å². The van der Waals surface area contributed by atoms with Gasteiger partial charge in [0.05, 0.1) is 6.61 Å². The average Bonchev–Trinajstić information content (AvgIpc) is 2.16. The van der Waals surface area contributed by atoms with Crippen LogP contribution in [-0.4, -0.2) is 12.4 Å². The van der Waals surface area contributed by atoms with Crippen molar-refractivity contribution in [3.63, 3.8) is 0 Å². The van der Waals surface area contributed by atoms with E-state index >= 15 is 0 Å². The molecule has 0 N–H and O–H groups in total. The molecule has 1 aliphatic rings. The topological polar surface area (TPSA) is 18.5 Å². The van der Waals surface area contributed by atoms with Crippen LogP contribution in [-0.2, 0) is 9.47 Å². The standard InChI is InChI=1S/C12H13IO2/c1-12(2)14-7-6-11(15-12)9-4-3-5-10(13)8-9/h3-6,8H,7H2,1-2H3. The molecule has 1 aromatic rings. The van der Waals surface area contributed by atoms with Gasteiger partial charge in [0.2, 0.25) is 5.79 Å². The summed E-state index contributed by atoms with van der Waals surface area (Å²) in [5.41, 5.74) is 1.11. The van der Waals surface area contributed by atoms with Gasteiger partial charge in [0.1, 0.15) is 5.76 Å². The summed E-state index contributed by atoms with van der Waals surface area (Å²) < 4.78 is 12.4. The third-order valence-electron chi connectivity index (χ3n) is 2.16. The number of halogens is 1. The smallest absolute Gasteiger partial charge is 0.205 e. The fourth-order valence-electron chi connectivity index (χ4n) is 1.47. The highest BCUT2D eigenvalue weighted by Crippen LogP contribution is 2.28. The zero-order chi connectivity index (χ0) is 10.9. The van der Waals surface area contributed by atoms with Crippen molar-refractivity contribution in [1.29, 1.82) is 0 Å². The Hall–Kier alpha value is -0.550. The summed E-state index contributed by atoms with van der Waals surface area (Å²) in [6.07, 6.45) is 1.97. The first-order chi connectivity index (χ1) is 7.07. The van der Waals surface area contributed by atoms with Crippen LogP contribution >= 0.6 is 22.6 Å². The maximum Gasteiger partial charge on any atom is 0.205 e. The number of hydrogen-bond acceptors (Lipinski definition) is 2. The minimum atomic E-state index is -0.522. The summed E-state index contributed by atoms with van der Waals surface area (Å²) >= 11 is 2.30. The Morgan fingerprint density at radius 1 is 1.33 bits per heavy atom. The Morgan fingerprint density at radius 3 is 2.80 bits per heavy atom. The first-order valence-electron chi connectivity index (χ1n) is 4.86. The molecule has 0 bridgehead atoms. The summed E-state index contributed by atoms with van der Waals surface area (Å²) in [5, 5.41) is 0. The third kappa shape index (κ3) is 2.72. The summed E-state index contributed by atoms with van der Waals surface area (Å²) in [6, 6.07) is 8.25. The number of hydrogen-bond donors (Lipinski definition) is 0. The minimum absolute atomic E-state index is 0.522. The highest BCUT2D eigenvalue weighted by molar-refractivity contribution is 14.1. The molecule has 80 valence electrons. The third-order valence-corrected chi connectivity index (χ3v) is 2.84. The molecule has 1 aromatic carbocycles. The predicted octanol–water partition coefficient (Wildman–Crippen LogP) is 3.42. The van der Waals surface area contributed by atoms with E-state index in [4.69, 9.17) is 9.47 Å². The van der Waals surface area contributed by atoms with E-state index in [9.17, 15) is 0 Å². The van der Waals surface area contributed by atoms with E-state index in [1.165, 1.54) is 3.57 Å². The summed E-state index contributed by atoms with van der Waals surface area (Å²) in [6.45, 7) is 4.45. The van der Waals surface area contributed by atoms with E-state index in [0.717, 1.165) is 11.3 Å². The van der Waals surface area contributed by atoms with Gasteiger partial charge in [0, 0.05) is 23.0 Å². The van der Waals surface area contributed by atoms with Crippen LogP contribution in [0.2, 0.25) is 0 Å². The lowest BCUT2D eigenvalue weighted by molar-refractivity contribution is -0.174. The van der Waals surface area contributed by atoms with Crippen molar-refractivity contribution >= 4 is 28.4 Å². The molecule has 0 unspecified atom stereocenters. The molecule has 0 aliphatic carbocycles. The van der Waals surface area contributed by atoms with Crippen LogP contribution in [0.25, 0.3) is 5.76 Å². The Morgan fingerprint density at radius 2 is 2.13 bits per heavy atom. The molecule has 0 radical (unpaired) electrons. The molecule has 0 spiro atoms. The molecule has 0 atom stereocenters. The summed E-state index contributed by atoms with van der Waals surface area (Å²) in [7, 11) is 0. The monoisotopic (exact) mass is 316 g/mol. The van der Waals surface area contributed by atoms with Gasteiger partial charge >= 0.3 is 0 Å². The second-order valence-electron chi connectivity index (χ2n) is 3.89. The number of ether oxygens (including phenoxy) is 2. The molecular weight excluding hydrogens is 303 g/mol. The zero-order valence-electron chi connectivity index (χ0n) is 8.79. The highest BCUT2D eigenvalue weighted by Gasteiger charge is 2.25. The molecule has 1 aliphatic heterocycles. The highest BCUT2D eigenvalue weighted by atomic mass is 127. The van der Waals surface area contributed by atoms with E-state index < -0.39 is 5.79 Å². The first kappa shape index (κ1) is 11.0. The van der Waals surface area contributed by atoms with E-state index in [1.807, 2.05) is 26.0 Å². The van der Waals surface area contributed by atoms with Gasteiger partial charge in [-0.15, -0.1) is 0 Å². The van der Waals surface area contributed by atoms with Crippen LogP contribution in [0.4, 0.5) is 0 Å². The molecule has 0 saturated carbocycles. The lowest BCUT2D eigenvalue weighted by Gasteiger charge is -2.31. The maximum atomic E-state index is 5.75. The van der Waals surface area contributed by atoms with Gasteiger partial charge in [-0.05, 0) is 40.8 Å². The van der Waals surface area contributed by atoms with Crippen LogP contribution in [0.1, 0.15) is 19.4 Å². The maximum absolute atomic E-state index is 5.75. The van der Waals surface area contributed by atoms with Crippen LogP contribution < -0.4 is 0 Å². The molecule has 0 aromatic heterocycles. The Kier molecular flexibility index (Phi) is 3.02. The zero-order valence-corrected chi connectivity index (χ0v) is 10.9. The van der Waals surface area contributed by atoms with Gasteiger partial charge in [-0.25, -0.2) is 0 Å². The molecule has 3 heteroatoms. The van der Waals surface area contributed by atoms with Crippen molar-refractivity contribution in [1.82, 2.24) is 0 Å². The number of rotatable bonds is 1. The van der Waals surface area contributed by atoms with Crippen molar-refractivity contribution in [2.24, 2.45) is 0 Å². The van der Waals surface area contributed by atoms with Crippen molar-refractivity contribution in [3.05, 3.63) is 39.5 Å².